The fraction of sp³-hybridized carbons (Fsp3) is 0.667. The van der Waals surface area contributed by atoms with Gasteiger partial charge in [0.25, 0.3) is 0 Å². The van der Waals surface area contributed by atoms with Gasteiger partial charge in [-0.2, -0.15) is 0 Å². The van der Waals surface area contributed by atoms with Crippen molar-refractivity contribution in [1.82, 2.24) is 9.88 Å². The number of carbonyl (C=O) groups is 1. The predicted octanol–water partition coefficient (Wildman–Crippen LogP) is 2.54. The van der Waals surface area contributed by atoms with Crippen molar-refractivity contribution < 1.29 is 14.3 Å². The number of rotatable bonds is 5. The number of nitrogens with zero attached hydrogens (tertiary/aromatic N) is 2. The molecule has 0 N–H and O–H groups in total. The molecule has 0 radical (unpaired) electrons. The van der Waals surface area contributed by atoms with E-state index in [4.69, 9.17) is 9.47 Å². The van der Waals surface area contributed by atoms with Crippen molar-refractivity contribution in [2.75, 3.05) is 27.4 Å². The van der Waals surface area contributed by atoms with Crippen LogP contribution in [0.5, 0.6) is 0 Å². The van der Waals surface area contributed by atoms with Gasteiger partial charge in [-0.15, -0.1) is 11.3 Å². The molecule has 102 valence electrons. The fourth-order valence-corrected chi connectivity index (χ4v) is 2.50. The van der Waals surface area contributed by atoms with Gasteiger partial charge in [0.2, 0.25) is 0 Å². The van der Waals surface area contributed by atoms with Gasteiger partial charge in [0.1, 0.15) is 6.61 Å². The second-order valence-corrected chi connectivity index (χ2v) is 5.48. The molecule has 1 heterocycles. The summed E-state index contributed by atoms with van der Waals surface area (Å²) in [6.45, 7) is 6.59. The number of ether oxygens (including phenoxy) is 2. The van der Waals surface area contributed by atoms with Gasteiger partial charge in [0.15, 0.2) is 0 Å². The average molecular weight is 272 g/mol. The van der Waals surface area contributed by atoms with Crippen molar-refractivity contribution in [1.29, 1.82) is 0 Å². The quantitative estimate of drug-likeness (QED) is 0.773. The zero-order valence-electron chi connectivity index (χ0n) is 11.5. The smallest absolute Gasteiger partial charge is 0.410 e. The molecule has 5 nitrogen and oxygen atoms in total. The first-order valence-corrected chi connectivity index (χ1v) is 6.61. The third-order valence-corrected chi connectivity index (χ3v) is 3.62. The topological polar surface area (TPSA) is 51.7 Å². The maximum Gasteiger partial charge on any atom is 0.410 e. The van der Waals surface area contributed by atoms with Gasteiger partial charge in [-0.1, -0.05) is 0 Å². The van der Waals surface area contributed by atoms with Crippen molar-refractivity contribution in [2.45, 2.75) is 26.8 Å². The number of hydrogen-bond donors (Lipinski definition) is 0. The SMILES string of the molecule is COCCOC(=O)N(C)C(C)c1nc(C)sc1C. The highest BCUT2D eigenvalue weighted by Crippen LogP contribution is 2.26. The Kier molecular flexibility index (Phi) is 5.55. The van der Waals surface area contributed by atoms with Gasteiger partial charge >= 0.3 is 6.09 Å². The molecule has 0 bridgehead atoms. The summed E-state index contributed by atoms with van der Waals surface area (Å²) < 4.78 is 9.90. The van der Waals surface area contributed by atoms with Crippen LogP contribution in [0, 0.1) is 13.8 Å². The van der Waals surface area contributed by atoms with Crippen LogP contribution in [0.15, 0.2) is 0 Å². The molecule has 0 spiro atoms. The van der Waals surface area contributed by atoms with Crippen LogP contribution in [0.3, 0.4) is 0 Å². The van der Waals surface area contributed by atoms with Crippen LogP contribution in [0.1, 0.15) is 28.5 Å². The van der Waals surface area contributed by atoms with Crippen LogP contribution >= 0.6 is 11.3 Å². The molecule has 1 amide bonds. The van der Waals surface area contributed by atoms with Gasteiger partial charge in [-0.05, 0) is 20.8 Å². The predicted molar refractivity (Wildman–Crippen MR) is 71.0 cm³/mol. The second-order valence-electron chi connectivity index (χ2n) is 4.07. The van der Waals surface area contributed by atoms with E-state index in [0.29, 0.717) is 6.61 Å². The highest BCUT2D eigenvalue weighted by atomic mass is 32.1. The molecule has 1 atom stereocenters. The van der Waals surface area contributed by atoms with Crippen molar-refractivity contribution >= 4 is 17.4 Å². The minimum absolute atomic E-state index is 0.0926. The summed E-state index contributed by atoms with van der Waals surface area (Å²) in [5.41, 5.74) is 0.934. The first-order valence-electron chi connectivity index (χ1n) is 5.79. The average Bonchev–Trinajstić information content (AvgIpc) is 2.66. The van der Waals surface area contributed by atoms with Crippen LogP contribution in [0.25, 0.3) is 0 Å². The van der Waals surface area contributed by atoms with E-state index in [1.807, 2.05) is 20.8 Å². The molecule has 0 aliphatic rings. The molecule has 0 aliphatic heterocycles. The van der Waals surface area contributed by atoms with Gasteiger partial charge in [0, 0.05) is 19.0 Å². The number of aryl methyl sites for hydroxylation is 2. The molecule has 1 rings (SSSR count). The maximum absolute atomic E-state index is 11.8. The lowest BCUT2D eigenvalue weighted by Crippen LogP contribution is -2.31. The zero-order chi connectivity index (χ0) is 13.7. The van der Waals surface area contributed by atoms with E-state index in [-0.39, 0.29) is 18.7 Å². The van der Waals surface area contributed by atoms with Gasteiger partial charge in [0.05, 0.1) is 23.4 Å². The van der Waals surface area contributed by atoms with Crippen molar-refractivity contribution in [3.8, 4) is 0 Å². The van der Waals surface area contributed by atoms with Crippen molar-refractivity contribution in [2.24, 2.45) is 0 Å². The van der Waals surface area contributed by atoms with E-state index < -0.39 is 0 Å². The molecule has 1 aromatic rings. The van der Waals surface area contributed by atoms with Crippen LogP contribution in [0.2, 0.25) is 0 Å². The minimum Gasteiger partial charge on any atom is -0.447 e. The fourth-order valence-electron chi connectivity index (χ4n) is 1.59. The lowest BCUT2D eigenvalue weighted by molar-refractivity contribution is 0.0695. The van der Waals surface area contributed by atoms with E-state index in [1.165, 1.54) is 0 Å². The standard InChI is InChI=1S/C12H20N2O3S/c1-8(11-9(2)18-10(3)13-11)14(4)12(15)17-7-6-16-5/h8H,6-7H2,1-5H3. The molecule has 1 aromatic heterocycles. The Morgan fingerprint density at radius 1 is 1.44 bits per heavy atom. The molecule has 18 heavy (non-hydrogen) atoms. The molecule has 0 saturated carbocycles. The number of hydrogen-bond acceptors (Lipinski definition) is 5. The second kappa shape index (κ2) is 6.70. The van der Waals surface area contributed by atoms with E-state index in [0.717, 1.165) is 15.6 Å². The Hall–Kier alpha value is -1.14. The summed E-state index contributed by atoms with van der Waals surface area (Å²) in [4.78, 5) is 18.9. The zero-order valence-corrected chi connectivity index (χ0v) is 12.3. The molecule has 0 saturated heterocycles. The summed E-state index contributed by atoms with van der Waals surface area (Å²) in [5, 5.41) is 1.01. The van der Waals surface area contributed by atoms with Crippen LogP contribution in [-0.2, 0) is 9.47 Å². The van der Waals surface area contributed by atoms with Crippen LogP contribution in [0.4, 0.5) is 4.79 Å². The molecule has 0 aromatic carbocycles. The van der Waals surface area contributed by atoms with Crippen molar-refractivity contribution in [3.05, 3.63) is 15.6 Å². The Morgan fingerprint density at radius 3 is 2.61 bits per heavy atom. The lowest BCUT2D eigenvalue weighted by Gasteiger charge is -2.23. The minimum atomic E-state index is -0.357. The number of carbonyl (C=O) groups excluding carboxylic acids is 1. The summed E-state index contributed by atoms with van der Waals surface area (Å²) >= 11 is 1.64. The third kappa shape index (κ3) is 3.68. The Morgan fingerprint density at radius 2 is 2.11 bits per heavy atom. The highest BCUT2D eigenvalue weighted by Gasteiger charge is 2.22. The molecule has 0 fully saturated rings. The van der Waals surface area contributed by atoms with E-state index in [2.05, 4.69) is 4.98 Å². The van der Waals surface area contributed by atoms with Gasteiger partial charge < -0.3 is 14.4 Å². The summed E-state index contributed by atoms with van der Waals surface area (Å²) in [6, 6.07) is -0.0926. The number of methoxy groups -OCH3 is 1. The Balaban J connectivity index is 2.63. The molecule has 6 heteroatoms. The molecular formula is C12H20N2O3S. The largest absolute Gasteiger partial charge is 0.447 e. The summed E-state index contributed by atoms with van der Waals surface area (Å²) in [5.74, 6) is 0. The third-order valence-electron chi connectivity index (χ3n) is 2.72. The molecule has 1 unspecified atom stereocenters. The number of aromatic nitrogens is 1. The van der Waals surface area contributed by atoms with Gasteiger partial charge in [-0.25, -0.2) is 9.78 Å². The van der Waals surface area contributed by atoms with Gasteiger partial charge in [-0.3, -0.25) is 0 Å². The maximum atomic E-state index is 11.8. The van der Waals surface area contributed by atoms with E-state index in [9.17, 15) is 4.79 Å². The van der Waals surface area contributed by atoms with Crippen LogP contribution < -0.4 is 0 Å². The molecule has 0 aliphatic carbocycles. The number of amides is 1. The summed E-state index contributed by atoms with van der Waals surface area (Å²) in [7, 11) is 3.29. The van der Waals surface area contributed by atoms with Crippen molar-refractivity contribution in [3.63, 3.8) is 0 Å². The first-order chi connectivity index (χ1) is 8.47. The first kappa shape index (κ1) is 14.9. The summed E-state index contributed by atoms with van der Waals surface area (Å²) in [6.07, 6.45) is -0.357. The normalized spacial score (nSPS) is 12.3. The Bertz CT molecular complexity index is 406. The monoisotopic (exact) mass is 272 g/mol. The lowest BCUT2D eigenvalue weighted by atomic mass is 10.2. The number of thiazole rings is 1. The highest BCUT2D eigenvalue weighted by molar-refractivity contribution is 7.11. The van der Waals surface area contributed by atoms with E-state index in [1.54, 1.807) is 30.4 Å². The molecular weight excluding hydrogens is 252 g/mol. The van der Waals surface area contributed by atoms with Crippen LogP contribution in [-0.4, -0.2) is 43.3 Å². The van der Waals surface area contributed by atoms with E-state index >= 15 is 0 Å². The Labute approximate surface area is 112 Å².